The van der Waals surface area contributed by atoms with Crippen LogP contribution in [0.1, 0.15) is 24.1 Å². The van der Waals surface area contributed by atoms with Gasteiger partial charge in [-0.1, -0.05) is 48.0 Å². The maximum Gasteiger partial charge on any atom is 0.255 e. The van der Waals surface area contributed by atoms with Crippen molar-refractivity contribution in [3.8, 4) is 11.5 Å². The van der Waals surface area contributed by atoms with Crippen molar-refractivity contribution in [2.45, 2.75) is 19.6 Å². The fourth-order valence-electron chi connectivity index (χ4n) is 4.22. The number of allylic oxidation sites excluding steroid dienone is 1. The van der Waals surface area contributed by atoms with Gasteiger partial charge < -0.3 is 20.1 Å². The SMILES string of the molecule is COc1cc(C2C(C(=O)Nc3ccccc3)=C(C)Nc3ncnn32)cc(Br)c1OCc1ccccc1Cl. The van der Waals surface area contributed by atoms with Crippen molar-refractivity contribution in [1.82, 2.24) is 14.8 Å². The summed E-state index contributed by atoms with van der Waals surface area (Å²) in [6, 6.07) is 20.0. The van der Waals surface area contributed by atoms with Crippen LogP contribution in [0.25, 0.3) is 0 Å². The number of nitrogens with one attached hydrogen (secondary N) is 2. The molecule has 10 heteroatoms. The molecule has 1 atom stereocenters. The van der Waals surface area contributed by atoms with Crippen LogP contribution in [-0.2, 0) is 11.4 Å². The van der Waals surface area contributed by atoms with Gasteiger partial charge in [0.2, 0.25) is 5.95 Å². The highest BCUT2D eigenvalue weighted by Gasteiger charge is 2.34. The molecule has 0 bridgehead atoms. The fourth-order valence-corrected chi connectivity index (χ4v) is 4.98. The summed E-state index contributed by atoms with van der Waals surface area (Å²) >= 11 is 9.94. The van der Waals surface area contributed by atoms with E-state index in [1.165, 1.54) is 6.33 Å². The van der Waals surface area contributed by atoms with Crippen molar-refractivity contribution < 1.29 is 14.3 Å². The van der Waals surface area contributed by atoms with Crippen molar-refractivity contribution in [2.75, 3.05) is 17.7 Å². The number of carbonyl (C=O) groups is 1. The Bertz CT molecular complexity index is 1490. The van der Waals surface area contributed by atoms with E-state index >= 15 is 0 Å². The molecule has 4 aromatic rings. The Morgan fingerprint density at radius 3 is 2.68 bits per heavy atom. The Morgan fingerprint density at radius 1 is 1.16 bits per heavy atom. The molecule has 3 aromatic carbocycles. The van der Waals surface area contributed by atoms with Crippen LogP contribution in [0.15, 0.2) is 88.8 Å². The molecule has 2 N–H and O–H groups in total. The lowest BCUT2D eigenvalue weighted by molar-refractivity contribution is -0.113. The molecule has 1 amide bonds. The van der Waals surface area contributed by atoms with Crippen LogP contribution in [0.5, 0.6) is 11.5 Å². The highest BCUT2D eigenvalue weighted by Crippen LogP contribution is 2.43. The molecule has 8 nitrogen and oxygen atoms in total. The second-order valence-corrected chi connectivity index (χ2v) is 9.59. The molecule has 0 radical (unpaired) electrons. The highest BCUT2D eigenvalue weighted by atomic mass is 79.9. The summed E-state index contributed by atoms with van der Waals surface area (Å²) < 4.78 is 14.1. The van der Waals surface area contributed by atoms with Crippen molar-refractivity contribution in [3.63, 3.8) is 0 Å². The van der Waals surface area contributed by atoms with Gasteiger partial charge in [0, 0.05) is 22.0 Å². The molecule has 37 heavy (non-hydrogen) atoms. The number of ether oxygens (including phenoxy) is 2. The lowest BCUT2D eigenvalue weighted by Gasteiger charge is -2.29. The number of para-hydroxylation sites is 1. The van der Waals surface area contributed by atoms with Crippen LogP contribution >= 0.6 is 27.5 Å². The third-order valence-electron chi connectivity index (χ3n) is 5.97. The zero-order valence-corrected chi connectivity index (χ0v) is 22.4. The van der Waals surface area contributed by atoms with Crippen LogP contribution in [0.3, 0.4) is 0 Å². The largest absolute Gasteiger partial charge is 0.493 e. The number of carbonyl (C=O) groups excluding carboxylic acids is 1. The monoisotopic (exact) mass is 579 g/mol. The minimum atomic E-state index is -0.565. The Kier molecular flexibility index (Phi) is 7.16. The van der Waals surface area contributed by atoms with Crippen LogP contribution in [0.4, 0.5) is 11.6 Å². The molecule has 0 aliphatic carbocycles. The summed E-state index contributed by atoms with van der Waals surface area (Å²) in [6.07, 6.45) is 1.45. The van der Waals surface area contributed by atoms with Crippen molar-refractivity contribution in [1.29, 1.82) is 0 Å². The minimum absolute atomic E-state index is 0.253. The van der Waals surface area contributed by atoms with Crippen molar-refractivity contribution >= 4 is 45.1 Å². The Balaban J connectivity index is 1.52. The first-order valence-electron chi connectivity index (χ1n) is 11.4. The molecular formula is C27H23BrClN5O3. The average molecular weight is 581 g/mol. The van der Waals surface area contributed by atoms with E-state index in [2.05, 4.69) is 36.6 Å². The minimum Gasteiger partial charge on any atom is -0.493 e. The number of hydrogen-bond acceptors (Lipinski definition) is 6. The van der Waals surface area contributed by atoms with E-state index in [9.17, 15) is 4.79 Å². The van der Waals surface area contributed by atoms with Gasteiger partial charge in [-0.2, -0.15) is 10.1 Å². The summed E-state index contributed by atoms with van der Waals surface area (Å²) in [5.41, 5.74) is 3.48. The number of nitrogens with zero attached hydrogens (tertiary/aromatic N) is 3. The van der Waals surface area contributed by atoms with Crippen LogP contribution in [0, 0.1) is 0 Å². The number of methoxy groups -OCH3 is 1. The van der Waals surface area contributed by atoms with Crippen LogP contribution in [-0.4, -0.2) is 27.8 Å². The summed E-state index contributed by atoms with van der Waals surface area (Å²) in [4.78, 5) is 17.8. The zero-order valence-electron chi connectivity index (χ0n) is 20.0. The molecule has 0 fully saturated rings. The number of rotatable bonds is 7. The third kappa shape index (κ3) is 5.05. The number of amides is 1. The lowest BCUT2D eigenvalue weighted by Crippen LogP contribution is -2.31. The van der Waals surface area contributed by atoms with E-state index in [1.807, 2.05) is 73.7 Å². The van der Waals surface area contributed by atoms with Crippen molar-refractivity contribution in [2.24, 2.45) is 0 Å². The molecular weight excluding hydrogens is 558 g/mol. The third-order valence-corrected chi connectivity index (χ3v) is 6.93. The number of fused-ring (bicyclic) bond motifs is 1. The second-order valence-electron chi connectivity index (χ2n) is 8.33. The molecule has 2 heterocycles. The van der Waals surface area contributed by atoms with Gasteiger partial charge in [-0.15, -0.1) is 0 Å². The summed E-state index contributed by atoms with van der Waals surface area (Å²) in [6.45, 7) is 2.11. The smallest absolute Gasteiger partial charge is 0.255 e. The first-order valence-corrected chi connectivity index (χ1v) is 12.6. The second kappa shape index (κ2) is 10.7. The van der Waals surface area contributed by atoms with E-state index < -0.39 is 6.04 Å². The van der Waals surface area contributed by atoms with E-state index in [0.717, 1.165) is 11.1 Å². The fraction of sp³-hybridized carbons (Fsp3) is 0.148. The molecule has 188 valence electrons. The topological polar surface area (TPSA) is 90.3 Å². The molecule has 0 saturated heterocycles. The van der Waals surface area contributed by atoms with Gasteiger partial charge in [0.1, 0.15) is 19.0 Å². The van der Waals surface area contributed by atoms with E-state index in [4.69, 9.17) is 21.1 Å². The Morgan fingerprint density at radius 2 is 1.92 bits per heavy atom. The molecule has 1 aliphatic rings. The Labute approximate surface area is 227 Å². The highest BCUT2D eigenvalue weighted by molar-refractivity contribution is 9.10. The lowest BCUT2D eigenvalue weighted by atomic mass is 9.94. The van der Waals surface area contributed by atoms with Gasteiger partial charge >= 0.3 is 0 Å². The summed E-state index contributed by atoms with van der Waals surface area (Å²) in [5.74, 6) is 1.30. The molecule has 1 aromatic heterocycles. The standard InChI is InChI=1S/C27H23BrClN5O3/c1-16-23(26(35)33-19-9-4-3-5-10-19)24(34-27(32-16)30-15-31-34)18-12-20(28)25(22(13-18)36-2)37-14-17-8-6-7-11-21(17)29/h3-13,15,24H,14H2,1-2H3,(H,33,35)(H,30,31,32). The van der Waals surface area contributed by atoms with Gasteiger partial charge in [0.25, 0.3) is 5.91 Å². The molecule has 0 saturated carbocycles. The first kappa shape index (κ1) is 24.9. The predicted octanol–water partition coefficient (Wildman–Crippen LogP) is 6.21. The predicted molar refractivity (Wildman–Crippen MR) is 146 cm³/mol. The average Bonchev–Trinajstić information content (AvgIpc) is 3.36. The number of anilines is 2. The number of benzene rings is 3. The molecule has 0 spiro atoms. The molecule has 1 aliphatic heterocycles. The quantitative estimate of drug-likeness (QED) is 0.270. The Hall–Kier alpha value is -3.82. The van der Waals surface area contributed by atoms with Crippen molar-refractivity contribution in [3.05, 3.63) is 105 Å². The zero-order chi connectivity index (χ0) is 25.9. The van der Waals surface area contributed by atoms with Gasteiger partial charge in [-0.05, 0) is 58.7 Å². The van der Waals surface area contributed by atoms with E-state index in [-0.39, 0.29) is 12.5 Å². The normalized spacial score (nSPS) is 14.5. The van der Waals surface area contributed by atoms with Crippen LogP contribution < -0.4 is 20.1 Å². The van der Waals surface area contributed by atoms with Gasteiger partial charge in [0.15, 0.2) is 11.5 Å². The number of hydrogen-bond donors (Lipinski definition) is 2. The van der Waals surface area contributed by atoms with Gasteiger partial charge in [-0.25, -0.2) is 4.68 Å². The van der Waals surface area contributed by atoms with Crippen LogP contribution in [0.2, 0.25) is 5.02 Å². The number of aromatic nitrogens is 3. The number of halogens is 2. The summed E-state index contributed by atoms with van der Waals surface area (Å²) in [7, 11) is 1.57. The van der Waals surface area contributed by atoms with Gasteiger partial charge in [-0.3, -0.25) is 4.79 Å². The summed E-state index contributed by atoms with van der Waals surface area (Å²) in [5, 5.41) is 11.2. The molecule has 5 rings (SSSR count). The maximum atomic E-state index is 13.5. The van der Waals surface area contributed by atoms with E-state index in [0.29, 0.717) is 43.9 Å². The molecule has 1 unspecified atom stereocenters. The first-order chi connectivity index (χ1) is 18.0. The van der Waals surface area contributed by atoms with E-state index in [1.54, 1.807) is 11.8 Å². The maximum absolute atomic E-state index is 13.5. The van der Waals surface area contributed by atoms with Gasteiger partial charge in [0.05, 0.1) is 17.2 Å².